The minimum Gasteiger partial charge on any atom is -0.382 e. The van der Waals surface area contributed by atoms with Crippen molar-refractivity contribution in [2.45, 2.75) is 52.5 Å². The number of hydrogen-bond donors (Lipinski definition) is 1. The lowest BCUT2D eigenvalue weighted by atomic mass is 9.80. The Labute approximate surface area is 94.8 Å². The zero-order chi connectivity index (χ0) is 11.1. The van der Waals surface area contributed by atoms with Crippen LogP contribution in [0.3, 0.4) is 0 Å². The first-order chi connectivity index (χ1) is 7.22. The highest BCUT2D eigenvalue weighted by molar-refractivity contribution is 4.79. The predicted octanol–water partition coefficient (Wildman–Crippen LogP) is 2.83. The Balaban J connectivity index is 2.04. The molecule has 0 unspecified atom stereocenters. The zero-order valence-corrected chi connectivity index (χ0v) is 10.6. The van der Waals surface area contributed by atoms with Gasteiger partial charge in [-0.15, -0.1) is 0 Å². The number of rotatable bonds is 6. The summed E-state index contributed by atoms with van der Waals surface area (Å²) in [6.07, 6.45) is 5.28. The van der Waals surface area contributed by atoms with Crippen LogP contribution in [-0.2, 0) is 4.74 Å². The average molecular weight is 213 g/mol. The second-order valence-corrected chi connectivity index (χ2v) is 5.12. The summed E-state index contributed by atoms with van der Waals surface area (Å²) in [5.41, 5.74) is 0. The number of hydrogen-bond acceptors (Lipinski definition) is 2. The lowest BCUT2D eigenvalue weighted by Crippen LogP contribution is -2.37. The highest BCUT2D eigenvalue weighted by Crippen LogP contribution is 2.28. The van der Waals surface area contributed by atoms with E-state index in [0.29, 0.717) is 0 Å². The van der Waals surface area contributed by atoms with Gasteiger partial charge in [0.15, 0.2) is 0 Å². The van der Waals surface area contributed by atoms with Gasteiger partial charge < -0.3 is 10.1 Å². The third kappa shape index (κ3) is 5.53. The highest BCUT2D eigenvalue weighted by Gasteiger charge is 2.22. The summed E-state index contributed by atoms with van der Waals surface area (Å²) in [6.45, 7) is 9.68. The molecule has 0 heterocycles. The van der Waals surface area contributed by atoms with Crippen molar-refractivity contribution in [1.29, 1.82) is 0 Å². The maximum Gasteiger partial charge on any atom is 0.0477 e. The molecule has 0 saturated heterocycles. The van der Waals surface area contributed by atoms with Gasteiger partial charge in [0.1, 0.15) is 0 Å². The van der Waals surface area contributed by atoms with Gasteiger partial charge in [-0.3, -0.25) is 0 Å². The van der Waals surface area contributed by atoms with Crippen molar-refractivity contribution in [3.63, 3.8) is 0 Å². The van der Waals surface area contributed by atoms with Gasteiger partial charge in [0.05, 0.1) is 0 Å². The molecule has 2 nitrogen and oxygen atoms in total. The molecule has 0 bridgehead atoms. The quantitative estimate of drug-likeness (QED) is 0.685. The molecule has 1 aliphatic rings. The summed E-state index contributed by atoms with van der Waals surface area (Å²) >= 11 is 0. The van der Waals surface area contributed by atoms with E-state index in [1.54, 1.807) is 0 Å². The Morgan fingerprint density at radius 2 is 1.80 bits per heavy atom. The predicted molar refractivity (Wildman–Crippen MR) is 65.1 cm³/mol. The maximum atomic E-state index is 5.33. The Morgan fingerprint density at radius 3 is 2.40 bits per heavy atom. The molecule has 15 heavy (non-hydrogen) atoms. The van der Waals surface area contributed by atoms with Crippen LogP contribution in [0.1, 0.15) is 46.5 Å². The van der Waals surface area contributed by atoms with E-state index in [0.717, 1.165) is 44.1 Å². The van der Waals surface area contributed by atoms with Gasteiger partial charge in [0, 0.05) is 19.3 Å². The standard InChI is InChI=1S/C13H27NO/c1-4-15-7-5-6-14-13-9-11(2)8-12(3)10-13/h11-14H,4-10H2,1-3H3/t11-,12-/m0/s1. The van der Waals surface area contributed by atoms with Crippen molar-refractivity contribution in [3.05, 3.63) is 0 Å². The lowest BCUT2D eigenvalue weighted by molar-refractivity contribution is 0.142. The normalized spacial score (nSPS) is 31.8. The van der Waals surface area contributed by atoms with E-state index in [-0.39, 0.29) is 0 Å². The van der Waals surface area contributed by atoms with E-state index in [2.05, 4.69) is 26.1 Å². The van der Waals surface area contributed by atoms with Crippen LogP contribution in [0.2, 0.25) is 0 Å². The minimum atomic E-state index is 0.755. The summed E-state index contributed by atoms with van der Waals surface area (Å²) < 4.78 is 5.33. The van der Waals surface area contributed by atoms with E-state index < -0.39 is 0 Å². The fourth-order valence-electron chi connectivity index (χ4n) is 2.74. The molecule has 1 rings (SSSR count). The van der Waals surface area contributed by atoms with Crippen molar-refractivity contribution in [3.8, 4) is 0 Å². The molecule has 0 aliphatic heterocycles. The van der Waals surface area contributed by atoms with Crippen LogP contribution in [0.15, 0.2) is 0 Å². The van der Waals surface area contributed by atoms with Crippen molar-refractivity contribution >= 4 is 0 Å². The molecular weight excluding hydrogens is 186 g/mol. The van der Waals surface area contributed by atoms with Crippen LogP contribution in [0.4, 0.5) is 0 Å². The van der Waals surface area contributed by atoms with Gasteiger partial charge in [-0.1, -0.05) is 13.8 Å². The van der Waals surface area contributed by atoms with Crippen LogP contribution in [0.25, 0.3) is 0 Å². The molecule has 0 aromatic carbocycles. The second-order valence-electron chi connectivity index (χ2n) is 5.12. The van der Waals surface area contributed by atoms with E-state index in [1.165, 1.54) is 19.3 Å². The molecule has 0 spiro atoms. The molecular formula is C13H27NO. The van der Waals surface area contributed by atoms with Crippen molar-refractivity contribution in [2.24, 2.45) is 11.8 Å². The third-order valence-electron chi connectivity index (χ3n) is 3.28. The van der Waals surface area contributed by atoms with E-state index in [9.17, 15) is 0 Å². The van der Waals surface area contributed by atoms with E-state index in [4.69, 9.17) is 4.74 Å². The summed E-state index contributed by atoms with van der Waals surface area (Å²) in [6, 6.07) is 0.755. The first-order valence-corrected chi connectivity index (χ1v) is 6.53. The van der Waals surface area contributed by atoms with Crippen LogP contribution < -0.4 is 5.32 Å². The van der Waals surface area contributed by atoms with Crippen LogP contribution in [-0.4, -0.2) is 25.8 Å². The molecule has 1 fully saturated rings. The molecule has 0 radical (unpaired) electrons. The first kappa shape index (κ1) is 13.0. The van der Waals surface area contributed by atoms with Crippen LogP contribution >= 0.6 is 0 Å². The molecule has 1 aliphatic carbocycles. The number of ether oxygens (including phenoxy) is 1. The zero-order valence-electron chi connectivity index (χ0n) is 10.6. The van der Waals surface area contributed by atoms with Crippen LogP contribution in [0.5, 0.6) is 0 Å². The first-order valence-electron chi connectivity index (χ1n) is 6.53. The Morgan fingerprint density at radius 1 is 1.13 bits per heavy atom. The van der Waals surface area contributed by atoms with Gasteiger partial charge >= 0.3 is 0 Å². The molecule has 0 aromatic heterocycles. The Hall–Kier alpha value is -0.0800. The van der Waals surface area contributed by atoms with Gasteiger partial charge in [0.25, 0.3) is 0 Å². The topological polar surface area (TPSA) is 21.3 Å². The molecule has 1 saturated carbocycles. The fraction of sp³-hybridized carbons (Fsp3) is 1.00. The van der Waals surface area contributed by atoms with E-state index >= 15 is 0 Å². The third-order valence-corrected chi connectivity index (χ3v) is 3.28. The molecule has 0 aromatic rings. The lowest BCUT2D eigenvalue weighted by Gasteiger charge is -2.32. The van der Waals surface area contributed by atoms with Gasteiger partial charge in [-0.25, -0.2) is 0 Å². The Bertz CT molecular complexity index is 151. The van der Waals surface area contributed by atoms with Crippen molar-refractivity contribution in [1.82, 2.24) is 5.32 Å². The Kier molecular flexibility index (Phi) is 6.26. The van der Waals surface area contributed by atoms with Gasteiger partial charge in [0.2, 0.25) is 0 Å². The average Bonchev–Trinajstić information content (AvgIpc) is 2.16. The number of nitrogens with one attached hydrogen (secondary N) is 1. The van der Waals surface area contributed by atoms with Crippen molar-refractivity contribution < 1.29 is 4.74 Å². The molecule has 90 valence electrons. The molecule has 1 N–H and O–H groups in total. The van der Waals surface area contributed by atoms with Crippen LogP contribution in [0, 0.1) is 11.8 Å². The minimum absolute atomic E-state index is 0.755. The smallest absolute Gasteiger partial charge is 0.0477 e. The fourth-order valence-corrected chi connectivity index (χ4v) is 2.74. The summed E-state index contributed by atoms with van der Waals surface area (Å²) in [5, 5.41) is 3.66. The molecule has 0 amide bonds. The largest absolute Gasteiger partial charge is 0.382 e. The van der Waals surface area contributed by atoms with Gasteiger partial charge in [-0.05, 0) is 51.0 Å². The monoisotopic (exact) mass is 213 g/mol. The van der Waals surface area contributed by atoms with E-state index in [1.807, 2.05) is 0 Å². The SMILES string of the molecule is CCOCCCNC1C[C@@H](C)C[C@H](C)C1. The summed E-state index contributed by atoms with van der Waals surface area (Å²) in [4.78, 5) is 0. The second kappa shape index (κ2) is 7.24. The van der Waals surface area contributed by atoms with Gasteiger partial charge in [-0.2, -0.15) is 0 Å². The molecule has 2 atom stereocenters. The summed E-state index contributed by atoms with van der Waals surface area (Å²) in [5.74, 6) is 1.80. The summed E-state index contributed by atoms with van der Waals surface area (Å²) in [7, 11) is 0. The molecule has 2 heteroatoms. The maximum absolute atomic E-state index is 5.33. The highest BCUT2D eigenvalue weighted by atomic mass is 16.5. The van der Waals surface area contributed by atoms with Crippen molar-refractivity contribution in [2.75, 3.05) is 19.8 Å².